The number of furan rings is 1. The molecule has 1 aliphatic carbocycles. The first kappa shape index (κ1) is 24.7. The lowest BCUT2D eigenvalue weighted by Gasteiger charge is -2.33. The van der Waals surface area contributed by atoms with E-state index in [1.165, 1.54) is 33.4 Å². The second kappa shape index (κ2) is 8.67. The van der Waals surface area contributed by atoms with Crippen molar-refractivity contribution in [1.29, 1.82) is 0 Å². The number of rotatable bonds is 2. The fourth-order valence-corrected chi connectivity index (χ4v) is 7.75. The summed E-state index contributed by atoms with van der Waals surface area (Å²) in [6.07, 6.45) is 1.70. The minimum Gasteiger partial charge on any atom is -0.455 e. The summed E-state index contributed by atoms with van der Waals surface area (Å²) in [6, 6.07) is 43.4. The number of anilines is 3. The van der Waals surface area contributed by atoms with Crippen molar-refractivity contribution in [3.63, 3.8) is 0 Å². The summed E-state index contributed by atoms with van der Waals surface area (Å²) < 4.78 is 6.53. The molecule has 2 aliphatic rings. The van der Waals surface area contributed by atoms with Crippen LogP contribution in [-0.2, 0) is 5.41 Å². The summed E-state index contributed by atoms with van der Waals surface area (Å²) in [5.41, 5.74) is 14.5. The van der Waals surface area contributed by atoms with Crippen molar-refractivity contribution in [3.8, 4) is 33.4 Å². The molecule has 1 aliphatic heterocycles. The first-order valence-electron chi connectivity index (χ1n) is 15.4. The number of benzene rings is 6. The van der Waals surface area contributed by atoms with Crippen LogP contribution >= 0.6 is 0 Å². The third-order valence-electron chi connectivity index (χ3n) is 9.90. The molecule has 0 atom stereocenters. The number of aromatic nitrogens is 2. The van der Waals surface area contributed by atoms with Crippen LogP contribution in [0.2, 0.25) is 0 Å². The Balaban J connectivity index is 1.20. The van der Waals surface area contributed by atoms with Crippen molar-refractivity contribution in [2.75, 3.05) is 4.90 Å². The topological polar surface area (TPSA) is 42.2 Å². The summed E-state index contributed by atoms with van der Waals surface area (Å²) in [5, 5.41) is 3.39. The van der Waals surface area contributed by atoms with Crippen LogP contribution in [0, 0.1) is 0 Å². The molecule has 3 heterocycles. The number of para-hydroxylation sites is 2. The smallest absolute Gasteiger partial charge is 0.149 e. The molecule has 4 heteroatoms. The predicted molar refractivity (Wildman–Crippen MR) is 183 cm³/mol. The molecule has 0 bridgehead atoms. The minimum absolute atomic E-state index is 0.202. The van der Waals surface area contributed by atoms with Gasteiger partial charge in [-0.05, 0) is 69.8 Å². The fraction of sp³-hybridized carbons (Fsp3) is 0.0732. The Morgan fingerprint density at radius 1 is 0.622 bits per heavy atom. The highest BCUT2D eigenvalue weighted by molar-refractivity contribution is 6.14. The number of hydrogen-bond donors (Lipinski definition) is 0. The van der Waals surface area contributed by atoms with Crippen LogP contribution in [0.25, 0.3) is 66.2 Å². The molecule has 0 fully saturated rings. The molecule has 0 N–H and O–H groups in total. The Hall–Kier alpha value is -5.74. The first-order chi connectivity index (χ1) is 22.1. The second-order valence-corrected chi connectivity index (χ2v) is 12.7. The Kier molecular flexibility index (Phi) is 4.76. The molecule has 6 aromatic carbocycles. The molecule has 0 saturated heterocycles. The van der Waals surface area contributed by atoms with E-state index in [0.717, 1.165) is 61.2 Å². The SMILES string of the molecule is CC1(C)c2cc(N3c4ccccc4-c4cc(-c5ccccc5)cc5ncnc3c45)ccc2-c2c1ccc1c2oc2ccccc21. The van der Waals surface area contributed by atoms with Crippen molar-refractivity contribution >= 4 is 50.0 Å². The molecule has 10 rings (SSSR count). The highest BCUT2D eigenvalue weighted by Crippen LogP contribution is 2.56. The van der Waals surface area contributed by atoms with Gasteiger partial charge in [0.1, 0.15) is 23.3 Å². The van der Waals surface area contributed by atoms with Gasteiger partial charge in [-0.2, -0.15) is 0 Å². The van der Waals surface area contributed by atoms with E-state index in [0.29, 0.717) is 0 Å². The lowest BCUT2D eigenvalue weighted by molar-refractivity contribution is 0.653. The van der Waals surface area contributed by atoms with Crippen molar-refractivity contribution < 1.29 is 4.42 Å². The van der Waals surface area contributed by atoms with E-state index in [-0.39, 0.29) is 5.41 Å². The Morgan fingerprint density at radius 3 is 2.36 bits per heavy atom. The van der Waals surface area contributed by atoms with Crippen molar-refractivity contribution in [1.82, 2.24) is 9.97 Å². The maximum absolute atomic E-state index is 6.53. The second-order valence-electron chi connectivity index (χ2n) is 12.7. The Labute approximate surface area is 260 Å². The zero-order chi connectivity index (χ0) is 29.9. The van der Waals surface area contributed by atoms with Crippen LogP contribution in [-0.4, -0.2) is 9.97 Å². The molecule has 8 aromatic rings. The molecular weight excluding hydrogens is 550 g/mol. The summed E-state index contributed by atoms with van der Waals surface area (Å²) in [7, 11) is 0. The molecule has 2 aromatic heterocycles. The van der Waals surface area contributed by atoms with E-state index in [9.17, 15) is 0 Å². The van der Waals surface area contributed by atoms with Crippen LogP contribution < -0.4 is 4.90 Å². The standard InChI is InChI=1S/C41H27N3O/c1-41(2)32-19-18-29-28-13-7-9-15-36(28)45-39(29)37(32)30-17-16-26(22-33(30)41)44-35-14-8-6-12-27(35)31-20-25(24-10-4-3-5-11-24)21-34-38(31)40(44)43-23-42-34/h3-23H,1-2H3. The third kappa shape index (κ3) is 3.26. The van der Waals surface area contributed by atoms with Crippen molar-refractivity contribution in [3.05, 3.63) is 139 Å². The third-order valence-corrected chi connectivity index (χ3v) is 9.90. The minimum atomic E-state index is -0.202. The number of hydrogen-bond acceptors (Lipinski definition) is 4. The average Bonchev–Trinajstić information content (AvgIpc) is 3.57. The van der Waals surface area contributed by atoms with Gasteiger partial charge in [-0.25, -0.2) is 9.97 Å². The van der Waals surface area contributed by atoms with Crippen LogP contribution in [0.15, 0.2) is 132 Å². The van der Waals surface area contributed by atoms with Gasteiger partial charge >= 0.3 is 0 Å². The predicted octanol–water partition coefficient (Wildman–Crippen LogP) is 11.0. The van der Waals surface area contributed by atoms with E-state index in [1.54, 1.807) is 6.33 Å². The monoisotopic (exact) mass is 577 g/mol. The van der Waals surface area contributed by atoms with Crippen molar-refractivity contribution in [2.24, 2.45) is 0 Å². The van der Waals surface area contributed by atoms with Crippen LogP contribution in [0.1, 0.15) is 25.0 Å². The van der Waals surface area contributed by atoms with Crippen molar-refractivity contribution in [2.45, 2.75) is 19.3 Å². The molecule has 0 amide bonds. The first-order valence-corrected chi connectivity index (χ1v) is 15.4. The van der Waals surface area contributed by atoms with Gasteiger partial charge in [0.25, 0.3) is 0 Å². The fourth-order valence-electron chi connectivity index (χ4n) is 7.75. The summed E-state index contributed by atoms with van der Waals surface area (Å²) in [6.45, 7) is 4.65. The average molecular weight is 578 g/mol. The molecule has 0 unspecified atom stereocenters. The Morgan fingerprint density at radius 2 is 1.44 bits per heavy atom. The van der Waals surface area contributed by atoms with E-state index in [2.05, 4.69) is 134 Å². The van der Waals surface area contributed by atoms with Gasteiger partial charge in [0.15, 0.2) is 0 Å². The van der Waals surface area contributed by atoms with Gasteiger partial charge in [-0.15, -0.1) is 0 Å². The van der Waals surface area contributed by atoms with Gasteiger partial charge in [-0.1, -0.05) is 98.8 Å². The maximum atomic E-state index is 6.53. The van der Waals surface area contributed by atoms with Crippen LogP contribution in [0.3, 0.4) is 0 Å². The summed E-state index contributed by atoms with van der Waals surface area (Å²) in [5.74, 6) is 0.904. The molecule has 4 nitrogen and oxygen atoms in total. The van der Waals surface area contributed by atoms with Gasteiger partial charge < -0.3 is 4.42 Å². The normalized spacial score (nSPS) is 14.1. The van der Waals surface area contributed by atoms with Crippen LogP contribution in [0.4, 0.5) is 17.2 Å². The van der Waals surface area contributed by atoms with E-state index < -0.39 is 0 Å². The Bertz CT molecular complexity index is 2530. The summed E-state index contributed by atoms with van der Waals surface area (Å²) in [4.78, 5) is 12.0. The van der Waals surface area contributed by atoms with Gasteiger partial charge in [0, 0.05) is 33.0 Å². The molecule has 0 saturated carbocycles. The molecular formula is C41H27N3O. The van der Waals surface area contributed by atoms with Gasteiger partial charge in [0.2, 0.25) is 0 Å². The van der Waals surface area contributed by atoms with E-state index in [1.807, 2.05) is 6.07 Å². The van der Waals surface area contributed by atoms with Gasteiger partial charge in [-0.3, -0.25) is 4.90 Å². The molecule has 0 radical (unpaired) electrons. The zero-order valence-electron chi connectivity index (χ0n) is 24.9. The zero-order valence-corrected chi connectivity index (χ0v) is 24.9. The van der Waals surface area contributed by atoms with Crippen LogP contribution in [0.5, 0.6) is 0 Å². The molecule has 0 spiro atoms. The lowest BCUT2D eigenvalue weighted by Crippen LogP contribution is -2.19. The largest absolute Gasteiger partial charge is 0.455 e. The highest BCUT2D eigenvalue weighted by atomic mass is 16.3. The molecule has 45 heavy (non-hydrogen) atoms. The lowest BCUT2D eigenvalue weighted by atomic mass is 9.82. The number of nitrogens with zero attached hydrogens (tertiary/aromatic N) is 3. The van der Waals surface area contributed by atoms with E-state index in [4.69, 9.17) is 14.4 Å². The molecule has 212 valence electrons. The maximum Gasteiger partial charge on any atom is 0.149 e. The summed E-state index contributed by atoms with van der Waals surface area (Å²) >= 11 is 0. The quantitative estimate of drug-likeness (QED) is 0.205. The highest BCUT2D eigenvalue weighted by Gasteiger charge is 2.39. The van der Waals surface area contributed by atoms with E-state index >= 15 is 0 Å². The van der Waals surface area contributed by atoms with Gasteiger partial charge in [0.05, 0.1) is 16.6 Å². The number of fused-ring (bicyclic) bond motifs is 9.